The van der Waals surface area contributed by atoms with Gasteiger partial charge in [-0.3, -0.25) is 4.79 Å². The van der Waals surface area contributed by atoms with E-state index in [0.717, 1.165) is 5.57 Å². The number of nitrogens with two attached hydrogens (primary N) is 1. The lowest BCUT2D eigenvalue weighted by Crippen LogP contribution is -2.34. The monoisotopic (exact) mass is 337 g/mol. The number of amides is 1. The van der Waals surface area contributed by atoms with Gasteiger partial charge in [0.25, 0.3) is 0 Å². The van der Waals surface area contributed by atoms with Crippen molar-refractivity contribution in [2.45, 2.75) is 26.3 Å². The van der Waals surface area contributed by atoms with Crippen molar-refractivity contribution >= 4 is 17.2 Å². The van der Waals surface area contributed by atoms with E-state index in [9.17, 15) is 4.79 Å². The first-order valence-corrected chi connectivity index (χ1v) is 7.71. The molecule has 2 rings (SSSR count). The standard InChI is InChI=1S/C18H19N5O2/c1-4-15(20)17(24)23-13-9-21-18(22-10-13)25-16-6-5-12(8-19)7-14(16)11(2)3/h5-7,9-10,15H,2,4,20H2,1,3H3,(H,23,24)/t15-/m1/s1. The van der Waals surface area contributed by atoms with Crippen LogP contribution in [0.15, 0.2) is 37.2 Å². The van der Waals surface area contributed by atoms with Gasteiger partial charge in [-0.25, -0.2) is 9.97 Å². The van der Waals surface area contributed by atoms with Gasteiger partial charge in [-0.15, -0.1) is 0 Å². The van der Waals surface area contributed by atoms with Crippen molar-refractivity contribution in [2.75, 3.05) is 5.32 Å². The molecule has 7 heteroatoms. The Morgan fingerprint density at radius 1 is 1.44 bits per heavy atom. The van der Waals surface area contributed by atoms with Gasteiger partial charge in [0.05, 0.1) is 35.8 Å². The maximum Gasteiger partial charge on any atom is 0.322 e. The van der Waals surface area contributed by atoms with Crippen LogP contribution < -0.4 is 15.8 Å². The summed E-state index contributed by atoms with van der Waals surface area (Å²) in [7, 11) is 0. The van der Waals surface area contributed by atoms with Crippen molar-refractivity contribution in [1.82, 2.24) is 9.97 Å². The first kappa shape index (κ1) is 18.1. The highest BCUT2D eigenvalue weighted by molar-refractivity contribution is 5.94. The van der Waals surface area contributed by atoms with Crippen LogP contribution >= 0.6 is 0 Å². The second-order valence-electron chi connectivity index (χ2n) is 5.46. The molecular formula is C18H19N5O2. The van der Waals surface area contributed by atoms with Crippen LogP contribution in [0.3, 0.4) is 0 Å². The molecule has 2 aromatic rings. The highest BCUT2D eigenvalue weighted by atomic mass is 16.5. The van der Waals surface area contributed by atoms with Gasteiger partial charge in [-0.05, 0) is 37.1 Å². The van der Waals surface area contributed by atoms with Crippen LogP contribution in [0, 0.1) is 11.3 Å². The molecule has 1 atom stereocenters. The summed E-state index contributed by atoms with van der Waals surface area (Å²) in [4.78, 5) is 19.9. The lowest BCUT2D eigenvalue weighted by atomic mass is 10.1. The Labute approximate surface area is 146 Å². The number of hydrogen-bond acceptors (Lipinski definition) is 6. The minimum absolute atomic E-state index is 0.116. The van der Waals surface area contributed by atoms with Crippen molar-refractivity contribution < 1.29 is 9.53 Å². The van der Waals surface area contributed by atoms with E-state index in [1.54, 1.807) is 18.2 Å². The van der Waals surface area contributed by atoms with Gasteiger partial charge in [0.15, 0.2) is 0 Å². The van der Waals surface area contributed by atoms with Crippen LogP contribution in [0.4, 0.5) is 5.69 Å². The summed E-state index contributed by atoms with van der Waals surface area (Å²) in [5.74, 6) is 0.202. The fourth-order valence-corrected chi connectivity index (χ4v) is 1.97. The van der Waals surface area contributed by atoms with E-state index >= 15 is 0 Å². The molecule has 7 nitrogen and oxygen atoms in total. The fraction of sp³-hybridized carbons (Fsp3) is 0.222. The zero-order valence-electron chi connectivity index (χ0n) is 14.1. The Morgan fingerprint density at radius 2 is 2.12 bits per heavy atom. The molecule has 0 bridgehead atoms. The largest absolute Gasteiger partial charge is 0.424 e. The van der Waals surface area contributed by atoms with Gasteiger partial charge in [-0.1, -0.05) is 13.5 Å². The van der Waals surface area contributed by atoms with E-state index in [1.165, 1.54) is 12.4 Å². The predicted octanol–water partition coefficient (Wildman–Crippen LogP) is 2.85. The minimum atomic E-state index is -0.576. The summed E-state index contributed by atoms with van der Waals surface area (Å²) in [5.41, 5.74) is 8.06. The molecule has 0 saturated heterocycles. The minimum Gasteiger partial charge on any atom is -0.424 e. The van der Waals surface area contributed by atoms with Crippen LogP contribution in [0.25, 0.3) is 5.57 Å². The Morgan fingerprint density at radius 3 is 2.68 bits per heavy atom. The molecule has 3 N–H and O–H groups in total. The first-order valence-electron chi connectivity index (χ1n) is 7.71. The Bertz CT molecular complexity index is 824. The smallest absolute Gasteiger partial charge is 0.322 e. The number of rotatable bonds is 6. The van der Waals surface area contributed by atoms with E-state index in [1.807, 2.05) is 13.8 Å². The Balaban J connectivity index is 2.15. The quantitative estimate of drug-likeness (QED) is 0.837. The zero-order chi connectivity index (χ0) is 18.4. The summed E-state index contributed by atoms with van der Waals surface area (Å²) < 4.78 is 5.67. The summed E-state index contributed by atoms with van der Waals surface area (Å²) in [6, 6.07) is 6.62. The number of hydrogen-bond donors (Lipinski definition) is 2. The molecule has 0 fully saturated rings. The first-order chi connectivity index (χ1) is 11.9. The Kier molecular flexibility index (Phi) is 5.82. The molecular weight excluding hydrogens is 318 g/mol. The molecule has 0 radical (unpaired) electrons. The summed E-state index contributed by atoms with van der Waals surface area (Å²) in [6.45, 7) is 7.53. The van der Waals surface area contributed by atoms with E-state index in [-0.39, 0.29) is 11.9 Å². The number of nitrogens with zero attached hydrogens (tertiary/aromatic N) is 3. The summed E-state index contributed by atoms with van der Waals surface area (Å²) >= 11 is 0. The second-order valence-corrected chi connectivity index (χ2v) is 5.46. The molecule has 25 heavy (non-hydrogen) atoms. The van der Waals surface area contributed by atoms with Crippen molar-refractivity contribution in [3.63, 3.8) is 0 Å². The van der Waals surface area contributed by atoms with E-state index in [2.05, 4.69) is 27.9 Å². The van der Waals surface area contributed by atoms with Gasteiger partial charge in [0.2, 0.25) is 5.91 Å². The molecule has 0 spiro atoms. The second kappa shape index (κ2) is 8.04. The van der Waals surface area contributed by atoms with Gasteiger partial charge in [0.1, 0.15) is 5.75 Å². The van der Waals surface area contributed by atoms with Gasteiger partial charge in [0, 0.05) is 5.56 Å². The van der Waals surface area contributed by atoms with Crippen molar-refractivity contribution in [1.29, 1.82) is 5.26 Å². The van der Waals surface area contributed by atoms with Gasteiger partial charge in [-0.2, -0.15) is 5.26 Å². The molecule has 0 aliphatic heterocycles. The molecule has 0 unspecified atom stereocenters. The normalized spacial score (nSPS) is 11.3. The number of carbonyl (C=O) groups excluding carboxylic acids is 1. The highest BCUT2D eigenvalue weighted by Crippen LogP contribution is 2.29. The maximum absolute atomic E-state index is 11.7. The third-order valence-electron chi connectivity index (χ3n) is 3.44. The number of nitrogens with one attached hydrogen (secondary N) is 1. The molecule has 1 heterocycles. The molecule has 1 aromatic heterocycles. The fourth-order valence-electron chi connectivity index (χ4n) is 1.97. The van der Waals surface area contributed by atoms with Crippen LogP contribution in [-0.2, 0) is 4.79 Å². The summed E-state index contributed by atoms with van der Waals surface area (Å²) in [5, 5.41) is 11.6. The zero-order valence-corrected chi connectivity index (χ0v) is 14.1. The van der Waals surface area contributed by atoms with Crippen LogP contribution in [0.2, 0.25) is 0 Å². The SMILES string of the molecule is C=C(C)c1cc(C#N)ccc1Oc1ncc(NC(=O)[C@H](N)CC)cn1. The predicted molar refractivity (Wildman–Crippen MR) is 94.9 cm³/mol. The molecule has 1 aromatic carbocycles. The van der Waals surface area contributed by atoms with Crippen molar-refractivity contribution in [3.05, 3.63) is 48.3 Å². The third-order valence-corrected chi connectivity index (χ3v) is 3.44. The van der Waals surface area contributed by atoms with E-state index < -0.39 is 6.04 Å². The summed E-state index contributed by atoms with van der Waals surface area (Å²) in [6.07, 6.45) is 3.41. The number of benzene rings is 1. The van der Waals surface area contributed by atoms with Crippen molar-refractivity contribution in [2.24, 2.45) is 5.73 Å². The molecule has 0 saturated carbocycles. The molecule has 1 amide bonds. The van der Waals surface area contributed by atoms with Crippen LogP contribution in [0.5, 0.6) is 11.8 Å². The number of aromatic nitrogens is 2. The topological polar surface area (TPSA) is 114 Å². The lowest BCUT2D eigenvalue weighted by molar-refractivity contribution is -0.117. The molecule has 128 valence electrons. The number of nitriles is 1. The number of ether oxygens (including phenoxy) is 1. The number of anilines is 1. The van der Waals surface area contributed by atoms with E-state index in [4.69, 9.17) is 15.7 Å². The van der Waals surface area contributed by atoms with Crippen LogP contribution in [0.1, 0.15) is 31.4 Å². The van der Waals surface area contributed by atoms with Crippen molar-refractivity contribution in [3.8, 4) is 17.8 Å². The highest BCUT2D eigenvalue weighted by Gasteiger charge is 2.12. The van der Waals surface area contributed by atoms with Gasteiger partial charge >= 0.3 is 6.01 Å². The molecule has 0 aliphatic rings. The number of carbonyl (C=O) groups is 1. The molecule has 0 aliphatic carbocycles. The third kappa shape index (κ3) is 4.62. The maximum atomic E-state index is 11.7. The average Bonchev–Trinajstić information content (AvgIpc) is 2.62. The number of allylic oxidation sites excluding steroid dienone is 1. The lowest BCUT2D eigenvalue weighted by Gasteiger charge is -2.11. The Hall–Kier alpha value is -3.24. The van der Waals surface area contributed by atoms with Gasteiger partial charge < -0.3 is 15.8 Å². The average molecular weight is 337 g/mol. The van der Waals surface area contributed by atoms with E-state index in [0.29, 0.717) is 29.0 Å². The van der Waals surface area contributed by atoms with Crippen LogP contribution in [-0.4, -0.2) is 21.9 Å².